The summed E-state index contributed by atoms with van der Waals surface area (Å²) in [6.45, 7) is 13.3. The third-order valence-electron chi connectivity index (χ3n) is 6.10. The van der Waals surface area contributed by atoms with E-state index in [1.54, 1.807) is 0 Å². The first kappa shape index (κ1) is 19.2. The van der Waals surface area contributed by atoms with E-state index in [1.807, 2.05) is 0 Å². The highest BCUT2D eigenvalue weighted by molar-refractivity contribution is 4.89. The standard InChI is InChI=1S/C21H42N2/c1-20(2,3)13-17-11-19(12-17)23-15-21(4,5)14-16-7-9-18(22-6)10-8-16/h16-19,22-23H,7-15H2,1-6H3/t16-,17-,18+,19+. The molecule has 0 aliphatic heterocycles. The molecule has 0 saturated heterocycles. The lowest BCUT2D eigenvalue weighted by Crippen LogP contribution is -2.46. The molecule has 0 unspecified atom stereocenters. The summed E-state index contributed by atoms with van der Waals surface area (Å²) < 4.78 is 0. The van der Waals surface area contributed by atoms with Gasteiger partial charge in [0.25, 0.3) is 0 Å². The predicted octanol–water partition coefficient (Wildman–Crippen LogP) is 4.99. The van der Waals surface area contributed by atoms with Gasteiger partial charge in [0.15, 0.2) is 0 Å². The fourth-order valence-electron chi connectivity index (χ4n) is 4.86. The van der Waals surface area contributed by atoms with Crippen LogP contribution >= 0.6 is 0 Å². The van der Waals surface area contributed by atoms with Gasteiger partial charge in [0, 0.05) is 18.6 Å². The minimum absolute atomic E-state index is 0.451. The lowest BCUT2D eigenvalue weighted by atomic mass is 9.71. The molecule has 0 amide bonds. The Labute approximate surface area is 145 Å². The van der Waals surface area contributed by atoms with Crippen LogP contribution in [0, 0.1) is 22.7 Å². The van der Waals surface area contributed by atoms with Gasteiger partial charge >= 0.3 is 0 Å². The zero-order chi connectivity index (χ0) is 17.1. The van der Waals surface area contributed by atoms with Crippen LogP contribution in [0.25, 0.3) is 0 Å². The van der Waals surface area contributed by atoms with E-state index in [0.29, 0.717) is 10.8 Å². The van der Waals surface area contributed by atoms with Gasteiger partial charge in [-0.25, -0.2) is 0 Å². The second-order valence-electron chi connectivity index (χ2n) is 10.6. The van der Waals surface area contributed by atoms with Crippen LogP contribution in [0.3, 0.4) is 0 Å². The smallest absolute Gasteiger partial charge is 0.00725 e. The molecule has 2 rings (SSSR count). The van der Waals surface area contributed by atoms with E-state index in [9.17, 15) is 0 Å². The van der Waals surface area contributed by atoms with E-state index in [4.69, 9.17) is 0 Å². The summed E-state index contributed by atoms with van der Waals surface area (Å²) in [5.74, 6) is 1.92. The second-order valence-corrected chi connectivity index (χ2v) is 10.6. The van der Waals surface area contributed by atoms with Crippen LogP contribution in [0.1, 0.15) is 86.0 Å². The van der Waals surface area contributed by atoms with Crippen LogP contribution in [0.4, 0.5) is 0 Å². The number of nitrogens with one attached hydrogen (secondary N) is 2. The monoisotopic (exact) mass is 322 g/mol. The third kappa shape index (κ3) is 6.74. The molecular formula is C21H42N2. The Balaban J connectivity index is 1.62. The molecule has 0 aromatic carbocycles. The molecule has 0 atom stereocenters. The van der Waals surface area contributed by atoms with Crippen molar-refractivity contribution in [2.75, 3.05) is 13.6 Å². The Hall–Kier alpha value is -0.0800. The molecule has 23 heavy (non-hydrogen) atoms. The van der Waals surface area contributed by atoms with Crippen molar-refractivity contribution in [2.45, 2.75) is 98.1 Å². The fraction of sp³-hybridized carbons (Fsp3) is 1.00. The summed E-state index contributed by atoms with van der Waals surface area (Å²) >= 11 is 0. The van der Waals surface area contributed by atoms with Crippen LogP contribution in [0.5, 0.6) is 0 Å². The molecule has 2 heteroatoms. The van der Waals surface area contributed by atoms with Gasteiger partial charge in [0.1, 0.15) is 0 Å². The highest BCUT2D eigenvalue weighted by Gasteiger charge is 2.33. The molecule has 2 fully saturated rings. The number of hydrogen-bond acceptors (Lipinski definition) is 2. The highest BCUT2D eigenvalue weighted by Crippen LogP contribution is 2.38. The fourth-order valence-corrected chi connectivity index (χ4v) is 4.86. The normalized spacial score (nSPS) is 32.6. The van der Waals surface area contributed by atoms with Crippen molar-refractivity contribution in [3.8, 4) is 0 Å². The van der Waals surface area contributed by atoms with Gasteiger partial charge in [-0.1, -0.05) is 34.6 Å². The van der Waals surface area contributed by atoms with Gasteiger partial charge in [0.2, 0.25) is 0 Å². The lowest BCUT2D eigenvalue weighted by molar-refractivity contribution is 0.136. The van der Waals surface area contributed by atoms with Gasteiger partial charge in [-0.15, -0.1) is 0 Å². The summed E-state index contributed by atoms with van der Waals surface area (Å²) in [6.07, 6.45) is 11.2. The number of rotatable bonds is 7. The molecule has 2 aliphatic carbocycles. The van der Waals surface area contributed by atoms with Gasteiger partial charge in [-0.05, 0) is 81.1 Å². The Morgan fingerprint density at radius 1 is 0.783 bits per heavy atom. The van der Waals surface area contributed by atoms with Gasteiger partial charge in [-0.3, -0.25) is 0 Å². The summed E-state index contributed by atoms with van der Waals surface area (Å²) in [5, 5.41) is 7.32. The zero-order valence-corrected chi connectivity index (χ0v) is 16.7. The minimum Gasteiger partial charge on any atom is -0.317 e. The summed E-state index contributed by atoms with van der Waals surface area (Å²) in [6, 6.07) is 1.57. The van der Waals surface area contributed by atoms with Crippen molar-refractivity contribution in [1.29, 1.82) is 0 Å². The molecule has 136 valence electrons. The summed E-state index contributed by atoms with van der Waals surface area (Å²) in [4.78, 5) is 0. The molecular weight excluding hydrogens is 280 g/mol. The van der Waals surface area contributed by atoms with E-state index in [-0.39, 0.29) is 0 Å². The average molecular weight is 323 g/mol. The molecule has 2 aliphatic rings. The van der Waals surface area contributed by atoms with Gasteiger partial charge in [0.05, 0.1) is 0 Å². The van der Waals surface area contributed by atoms with E-state index in [2.05, 4.69) is 52.3 Å². The van der Waals surface area contributed by atoms with Gasteiger partial charge < -0.3 is 10.6 Å². The molecule has 2 saturated carbocycles. The quantitative estimate of drug-likeness (QED) is 0.690. The summed E-state index contributed by atoms with van der Waals surface area (Å²) in [5.41, 5.74) is 0.952. The maximum atomic E-state index is 3.87. The van der Waals surface area contributed by atoms with Crippen LogP contribution in [0.15, 0.2) is 0 Å². The van der Waals surface area contributed by atoms with Crippen LogP contribution in [0.2, 0.25) is 0 Å². The first-order valence-corrected chi connectivity index (χ1v) is 10.1. The Morgan fingerprint density at radius 3 is 1.91 bits per heavy atom. The highest BCUT2D eigenvalue weighted by atomic mass is 14.9. The second kappa shape index (κ2) is 7.87. The SMILES string of the molecule is CN[C@H]1CC[C@@H](CC(C)(C)CN[C@H]2C[C@@H](CC(C)(C)C)C2)CC1. The maximum Gasteiger partial charge on any atom is 0.00725 e. The Bertz CT molecular complexity index is 341. The van der Waals surface area contributed by atoms with Crippen molar-refractivity contribution in [1.82, 2.24) is 10.6 Å². The molecule has 0 aromatic heterocycles. The largest absolute Gasteiger partial charge is 0.317 e. The van der Waals surface area contributed by atoms with Crippen molar-refractivity contribution in [3.63, 3.8) is 0 Å². The summed E-state index contributed by atoms with van der Waals surface area (Å²) in [7, 11) is 2.12. The van der Waals surface area contributed by atoms with Crippen molar-refractivity contribution in [2.24, 2.45) is 22.7 Å². The lowest BCUT2D eigenvalue weighted by Gasteiger charge is -2.42. The molecule has 0 radical (unpaired) electrons. The Kier molecular flexibility index (Phi) is 6.58. The van der Waals surface area contributed by atoms with Crippen LogP contribution in [-0.2, 0) is 0 Å². The van der Waals surface area contributed by atoms with Gasteiger partial charge in [-0.2, -0.15) is 0 Å². The number of hydrogen-bond donors (Lipinski definition) is 2. The van der Waals surface area contributed by atoms with Crippen molar-refractivity contribution in [3.05, 3.63) is 0 Å². The van der Waals surface area contributed by atoms with E-state index in [0.717, 1.165) is 23.9 Å². The third-order valence-corrected chi connectivity index (χ3v) is 6.10. The van der Waals surface area contributed by atoms with Crippen molar-refractivity contribution < 1.29 is 0 Å². The zero-order valence-electron chi connectivity index (χ0n) is 16.7. The topological polar surface area (TPSA) is 24.1 Å². The molecule has 0 heterocycles. The van der Waals surface area contributed by atoms with E-state index in [1.165, 1.54) is 57.9 Å². The van der Waals surface area contributed by atoms with Crippen LogP contribution < -0.4 is 10.6 Å². The van der Waals surface area contributed by atoms with E-state index >= 15 is 0 Å². The molecule has 0 spiro atoms. The molecule has 2 nitrogen and oxygen atoms in total. The first-order valence-electron chi connectivity index (χ1n) is 10.1. The average Bonchev–Trinajstić information content (AvgIpc) is 2.40. The minimum atomic E-state index is 0.451. The van der Waals surface area contributed by atoms with E-state index < -0.39 is 0 Å². The van der Waals surface area contributed by atoms with Crippen LogP contribution in [-0.4, -0.2) is 25.7 Å². The predicted molar refractivity (Wildman–Crippen MR) is 102 cm³/mol. The Morgan fingerprint density at radius 2 is 1.39 bits per heavy atom. The molecule has 0 aromatic rings. The molecule has 0 bridgehead atoms. The maximum absolute atomic E-state index is 3.87. The van der Waals surface area contributed by atoms with Crippen molar-refractivity contribution >= 4 is 0 Å². The first-order chi connectivity index (χ1) is 10.7. The molecule has 2 N–H and O–H groups in total.